The van der Waals surface area contributed by atoms with Gasteiger partial charge in [-0.25, -0.2) is 4.98 Å². The van der Waals surface area contributed by atoms with Crippen LogP contribution in [0.3, 0.4) is 0 Å². The highest BCUT2D eigenvalue weighted by atomic mass is 16.6. The Morgan fingerprint density at radius 3 is 2.42 bits per heavy atom. The van der Waals surface area contributed by atoms with Gasteiger partial charge in [-0.3, -0.25) is 0 Å². The molecule has 124 valence electrons. The number of ether oxygens (including phenoxy) is 2. The average Bonchev–Trinajstić information content (AvgIpc) is 2.93. The van der Waals surface area contributed by atoms with Gasteiger partial charge in [0.2, 0.25) is 0 Å². The predicted octanol–water partition coefficient (Wildman–Crippen LogP) is 3.56. The van der Waals surface area contributed by atoms with Crippen LogP contribution in [0.5, 0.6) is 11.5 Å². The van der Waals surface area contributed by atoms with E-state index in [-0.39, 0.29) is 0 Å². The van der Waals surface area contributed by atoms with Crippen LogP contribution in [-0.4, -0.2) is 22.8 Å². The molecule has 24 heavy (non-hydrogen) atoms. The molecule has 5 heteroatoms. The van der Waals surface area contributed by atoms with Gasteiger partial charge in [0.25, 0.3) is 0 Å². The van der Waals surface area contributed by atoms with Crippen molar-refractivity contribution < 1.29 is 9.47 Å². The predicted molar refractivity (Wildman–Crippen MR) is 94.8 cm³/mol. The quantitative estimate of drug-likeness (QED) is 0.749. The first kappa shape index (κ1) is 14.9. The SMILES string of the molecule is CC(C)c1nc2cc3c(cc2n1Cc1ccc(N)cc1)OCCO3. The lowest BCUT2D eigenvalue weighted by atomic mass is 10.1. The molecule has 1 aliphatic rings. The summed E-state index contributed by atoms with van der Waals surface area (Å²) in [4.78, 5) is 4.84. The summed E-state index contributed by atoms with van der Waals surface area (Å²) >= 11 is 0. The highest BCUT2D eigenvalue weighted by Gasteiger charge is 2.19. The Labute approximate surface area is 141 Å². The minimum absolute atomic E-state index is 0.324. The second kappa shape index (κ2) is 5.74. The molecule has 5 nitrogen and oxygen atoms in total. The number of anilines is 1. The zero-order chi connectivity index (χ0) is 16.7. The molecule has 0 amide bonds. The highest BCUT2D eigenvalue weighted by Crippen LogP contribution is 2.36. The van der Waals surface area contributed by atoms with E-state index >= 15 is 0 Å². The molecule has 1 aliphatic heterocycles. The standard InChI is InChI=1S/C19H21N3O2/c1-12(2)19-21-15-9-17-18(24-8-7-23-17)10-16(15)22(19)11-13-3-5-14(20)6-4-13/h3-6,9-10,12H,7-8,11,20H2,1-2H3. The van der Waals surface area contributed by atoms with E-state index in [9.17, 15) is 0 Å². The molecule has 0 unspecified atom stereocenters. The summed E-state index contributed by atoms with van der Waals surface area (Å²) in [7, 11) is 0. The van der Waals surface area contributed by atoms with E-state index in [1.807, 2.05) is 24.3 Å². The van der Waals surface area contributed by atoms with Gasteiger partial charge < -0.3 is 19.8 Å². The van der Waals surface area contributed by atoms with Crippen molar-refractivity contribution in [3.05, 3.63) is 47.8 Å². The van der Waals surface area contributed by atoms with Gasteiger partial charge in [-0.1, -0.05) is 26.0 Å². The molecule has 2 aromatic carbocycles. The van der Waals surface area contributed by atoms with E-state index in [2.05, 4.69) is 30.5 Å². The highest BCUT2D eigenvalue weighted by molar-refractivity contribution is 5.81. The number of aromatic nitrogens is 2. The van der Waals surface area contributed by atoms with Gasteiger partial charge in [-0.15, -0.1) is 0 Å². The number of imidazole rings is 1. The van der Waals surface area contributed by atoms with E-state index in [4.69, 9.17) is 20.2 Å². The number of rotatable bonds is 3. The van der Waals surface area contributed by atoms with Crippen molar-refractivity contribution in [3.63, 3.8) is 0 Å². The van der Waals surface area contributed by atoms with Gasteiger partial charge in [-0.2, -0.15) is 0 Å². The summed E-state index contributed by atoms with van der Waals surface area (Å²) in [6.45, 7) is 6.24. The molecule has 0 saturated carbocycles. The molecular weight excluding hydrogens is 302 g/mol. The lowest BCUT2D eigenvalue weighted by Crippen LogP contribution is -2.15. The number of benzene rings is 2. The number of hydrogen-bond acceptors (Lipinski definition) is 4. The minimum atomic E-state index is 0.324. The molecule has 0 radical (unpaired) electrons. The number of nitrogens with zero attached hydrogens (tertiary/aromatic N) is 2. The third kappa shape index (κ3) is 2.56. The maximum absolute atomic E-state index is 5.80. The second-order valence-corrected chi connectivity index (χ2v) is 6.44. The van der Waals surface area contributed by atoms with Crippen molar-refractivity contribution in [1.82, 2.24) is 9.55 Å². The zero-order valence-electron chi connectivity index (χ0n) is 14.0. The fraction of sp³-hybridized carbons (Fsp3) is 0.316. The molecule has 2 heterocycles. The molecule has 0 fully saturated rings. The Morgan fingerprint density at radius 2 is 1.75 bits per heavy atom. The summed E-state index contributed by atoms with van der Waals surface area (Å²) in [5, 5.41) is 0. The zero-order valence-corrected chi connectivity index (χ0v) is 14.0. The maximum Gasteiger partial charge on any atom is 0.163 e. The molecule has 1 aromatic heterocycles. The summed E-state index contributed by atoms with van der Waals surface area (Å²) in [5.74, 6) is 2.96. The van der Waals surface area contributed by atoms with Crippen molar-refractivity contribution in [2.45, 2.75) is 26.3 Å². The van der Waals surface area contributed by atoms with E-state index in [0.717, 1.165) is 40.6 Å². The molecule has 4 rings (SSSR count). The summed E-state index contributed by atoms with van der Waals surface area (Å²) in [5.41, 5.74) is 9.78. The van der Waals surface area contributed by atoms with Crippen LogP contribution in [-0.2, 0) is 6.54 Å². The topological polar surface area (TPSA) is 62.3 Å². The average molecular weight is 323 g/mol. The van der Waals surface area contributed by atoms with Gasteiger partial charge >= 0.3 is 0 Å². The number of nitrogen functional groups attached to an aromatic ring is 1. The fourth-order valence-corrected chi connectivity index (χ4v) is 3.09. The first-order chi connectivity index (χ1) is 11.6. The van der Waals surface area contributed by atoms with Crippen LogP contribution in [0.4, 0.5) is 5.69 Å². The molecule has 3 aromatic rings. The largest absolute Gasteiger partial charge is 0.486 e. The van der Waals surface area contributed by atoms with Gasteiger partial charge in [0.1, 0.15) is 19.0 Å². The first-order valence-electron chi connectivity index (χ1n) is 8.26. The van der Waals surface area contributed by atoms with Gasteiger partial charge in [0, 0.05) is 30.3 Å². The fourth-order valence-electron chi connectivity index (χ4n) is 3.09. The van der Waals surface area contributed by atoms with Crippen LogP contribution in [0.25, 0.3) is 11.0 Å². The van der Waals surface area contributed by atoms with E-state index in [0.29, 0.717) is 19.1 Å². The summed E-state index contributed by atoms with van der Waals surface area (Å²) in [6, 6.07) is 12.0. The van der Waals surface area contributed by atoms with Crippen molar-refractivity contribution in [2.24, 2.45) is 0 Å². The molecule has 0 aliphatic carbocycles. The Kier molecular flexibility index (Phi) is 3.56. The van der Waals surface area contributed by atoms with Gasteiger partial charge in [0.15, 0.2) is 11.5 Å². The molecule has 0 bridgehead atoms. The summed E-state index contributed by atoms with van der Waals surface area (Å²) in [6.07, 6.45) is 0. The second-order valence-electron chi connectivity index (χ2n) is 6.44. The number of fused-ring (bicyclic) bond motifs is 2. The van der Waals surface area contributed by atoms with Crippen LogP contribution < -0.4 is 15.2 Å². The minimum Gasteiger partial charge on any atom is -0.486 e. The first-order valence-corrected chi connectivity index (χ1v) is 8.26. The monoisotopic (exact) mass is 323 g/mol. The lowest BCUT2D eigenvalue weighted by molar-refractivity contribution is 0.172. The van der Waals surface area contributed by atoms with Gasteiger partial charge in [-0.05, 0) is 17.7 Å². The Hall–Kier alpha value is -2.69. The Bertz CT molecular complexity index is 882. The van der Waals surface area contributed by atoms with E-state index < -0.39 is 0 Å². The van der Waals surface area contributed by atoms with Crippen LogP contribution in [0, 0.1) is 0 Å². The van der Waals surface area contributed by atoms with Crippen LogP contribution >= 0.6 is 0 Å². The molecule has 0 saturated heterocycles. The third-order valence-electron chi connectivity index (χ3n) is 4.28. The smallest absolute Gasteiger partial charge is 0.163 e. The van der Waals surface area contributed by atoms with Crippen molar-refractivity contribution in [1.29, 1.82) is 0 Å². The van der Waals surface area contributed by atoms with Crippen LogP contribution in [0.15, 0.2) is 36.4 Å². The summed E-state index contributed by atoms with van der Waals surface area (Å²) < 4.78 is 13.7. The van der Waals surface area contributed by atoms with E-state index in [1.54, 1.807) is 0 Å². The Balaban J connectivity index is 1.84. The molecule has 2 N–H and O–H groups in total. The van der Waals surface area contributed by atoms with E-state index in [1.165, 1.54) is 5.56 Å². The van der Waals surface area contributed by atoms with Gasteiger partial charge in [0.05, 0.1) is 11.0 Å². The van der Waals surface area contributed by atoms with Crippen LogP contribution in [0.1, 0.15) is 31.2 Å². The Morgan fingerprint density at radius 1 is 1.08 bits per heavy atom. The van der Waals surface area contributed by atoms with Crippen LogP contribution in [0.2, 0.25) is 0 Å². The molecule has 0 atom stereocenters. The number of hydrogen-bond donors (Lipinski definition) is 1. The maximum atomic E-state index is 5.80. The third-order valence-corrected chi connectivity index (χ3v) is 4.28. The molecular formula is C19H21N3O2. The number of nitrogens with two attached hydrogens (primary N) is 1. The lowest BCUT2D eigenvalue weighted by Gasteiger charge is -2.18. The van der Waals surface area contributed by atoms with Crippen molar-refractivity contribution >= 4 is 16.7 Å². The van der Waals surface area contributed by atoms with Crippen molar-refractivity contribution in [3.8, 4) is 11.5 Å². The molecule has 0 spiro atoms. The normalized spacial score (nSPS) is 13.6. The van der Waals surface area contributed by atoms with Crippen molar-refractivity contribution in [2.75, 3.05) is 18.9 Å².